The van der Waals surface area contributed by atoms with E-state index in [1.54, 1.807) is 10.2 Å². The van der Waals surface area contributed by atoms with Gasteiger partial charge < -0.3 is 25.3 Å². The Morgan fingerprint density at radius 2 is 1.94 bits per heavy atom. The zero-order valence-corrected chi connectivity index (χ0v) is 18.3. The molecule has 0 aliphatic carbocycles. The minimum absolute atomic E-state index is 0.0178. The molecule has 14 heteroatoms. The lowest BCUT2D eigenvalue weighted by molar-refractivity contribution is -0.158. The number of aryl methyl sites for hydroxylation is 1. The van der Waals surface area contributed by atoms with Gasteiger partial charge >= 0.3 is 12.2 Å². The summed E-state index contributed by atoms with van der Waals surface area (Å²) in [5.41, 5.74) is -0.746. The number of amides is 3. The molecular weight excluding hydrogens is 479 g/mol. The Hall–Kier alpha value is -3.97. The normalized spacial score (nSPS) is 17.3. The van der Waals surface area contributed by atoms with E-state index in [9.17, 15) is 31.5 Å². The van der Waals surface area contributed by atoms with Crippen molar-refractivity contribution in [3.63, 3.8) is 0 Å². The lowest BCUT2D eigenvalue weighted by atomic mass is 10.1. The Kier molecular flexibility index (Phi) is 6.21. The first-order valence-electron chi connectivity index (χ1n) is 10.3. The van der Waals surface area contributed by atoms with Gasteiger partial charge in [0.15, 0.2) is 17.4 Å². The molecule has 3 amide bonds. The number of nitrogens with zero attached hydrogens (tertiary/aromatic N) is 3. The van der Waals surface area contributed by atoms with Crippen LogP contribution in [0, 0.1) is 18.6 Å². The predicted octanol–water partition coefficient (Wildman–Crippen LogP) is 3.56. The summed E-state index contributed by atoms with van der Waals surface area (Å²) >= 11 is 0. The Bertz CT molecular complexity index is 1280. The quantitative estimate of drug-likeness (QED) is 0.475. The molecule has 2 atom stereocenters. The van der Waals surface area contributed by atoms with Gasteiger partial charge in [0, 0.05) is 29.6 Å². The Morgan fingerprint density at radius 1 is 1.26 bits per heavy atom. The average Bonchev–Trinajstić information content (AvgIpc) is 3.10. The molecule has 0 saturated carbocycles. The van der Waals surface area contributed by atoms with E-state index in [4.69, 9.17) is 4.42 Å². The highest BCUT2D eigenvalue weighted by Crippen LogP contribution is 2.39. The van der Waals surface area contributed by atoms with E-state index in [2.05, 4.69) is 20.6 Å². The molecular formula is C21H19F5N6O3. The highest BCUT2D eigenvalue weighted by molar-refractivity contribution is 5.90. The zero-order chi connectivity index (χ0) is 25.5. The van der Waals surface area contributed by atoms with Gasteiger partial charge in [-0.2, -0.15) is 13.2 Å². The van der Waals surface area contributed by atoms with Crippen LogP contribution in [0.1, 0.15) is 24.3 Å². The van der Waals surface area contributed by atoms with Gasteiger partial charge in [0.25, 0.3) is 0 Å². The molecule has 0 radical (unpaired) electrons. The summed E-state index contributed by atoms with van der Waals surface area (Å²) in [6.07, 6.45) is -2.67. The summed E-state index contributed by atoms with van der Waals surface area (Å²) < 4.78 is 74.0. The molecule has 3 aromatic rings. The summed E-state index contributed by atoms with van der Waals surface area (Å²) in [7, 11) is 0. The molecule has 9 nitrogen and oxygen atoms in total. The van der Waals surface area contributed by atoms with Crippen LogP contribution in [0.25, 0.3) is 11.0 Å². The summed E-state index contributed by atoms with van der Waals surface area (Å²) in [5.74, 6) is -2.94. The number of urea groups is 1. The molecule has 0 spiro atoms. The third-order valence-corrected chi connectivity index (χ3v) is 5.45. The van der Waals surface area contributed by atoms with Gasteiger partial charge in [-0.1, -0.05) is 0 Å². The van der Waals surface area contributed by atoms with Gasteiger partial charge in [-0.05, 0) is 19.9 Å². The minimum Gasteiger partial charge on any atom is -0.455 e. The van der Waals surface area contributed by atoms with Crippen molar-refractivity contribution < 1.29 is 36.0 Å². The number of nitrogens with one attached hydrogen (secondary N) is 3. The number of piperazine rings is 1. The van der Waals surface area contributed by atoms with E-state index in [-0.39, 0.29) is 41.1 Å². The molecule has 1 aromatic carbocycles. The molecule has 0 bridgehead atoms. The van der Waals surface area contributed by atoms with Crippen LogP contribution in [0.2, 0.25) is 0 Å². The SMILES string of the molecule is Cc1c(C(NC(=O)Nc2cnc(N3CC(=O)NC[C@@H]3C)nc2)C(F)(F)F)oc2c(F)cc(F)cc12. The summed E-state index contributed by atoms with van der Waals surface area (Å²) in [6.45, 7) is 3.47. The van der Waals surface area contributed by atoms with Gasteiger partial charge in [0.1, 0.15) is 18.1 Å². The first-order valence-corrected chi connectivity index (χ1v) is 10.3. The number of carbonyl (C=O) groups excluding carboxylic acids is 2. The van der Waals surface area contributed by atoms with Crippen LogP contribution in [0.15, 0.2) is 28.9 Å². The maximum Gasteiger partial charge on any atom is 0.416 e. The van der Waals surface area contributed by atoms with Gasteiger partial charge in [-0.15, -0.1) is 0 Å². The molecule has 1 aliphatic heterocycles. The highest BCUT2D eigenvalue weighted by Gasteiger charge is 2.45. The second-order valence-corrected chi connectivity index (χ2v) is 7.98. The number of carbonyl (C=O) groups is 2. The van der Waals surface area contributed by atoms with Gasteiger partial charge in [0.05, 0.1) is 18.1 Å². The molecule has 3 heterocycles. The Balaban J connectivity index is 1.52. The molecule has 2 aromatic heterocycles. The second-order valence-electron chi connectivity index (χ2n) is 7.98. The van der Waals surface area contributed by atoms with Crippen LogP contribution < -0.4 is 20.9 Å². The average molecular weight is 498 g/mol. The molecule has 186 valence electrons. The predicted molar refractivity (Wildman–Crippen MR) is 114 cm³/mol. The fourth-order valence-corrected chi connectivity index (χ4v) is 3.67. The van der Waals surface area contributed by atoms with Crippen LogP contribution >= 0.6 is 0 Å². The van der Waals surface area contributed by atoms with Crippen molar-refractivity contribution in [2.75, 3.05) is 23.3 Å². The van der Waals surface area contributed by atoms with Crippen molar-refractivity contribution in [3.05, 3.63) is 47.5 Å². The lowest BCUT2D eigenvalue weighted by Gasteiger charge is -2.33. The molecule has 4 rings (SSSR count). The van der Waals surface area contributed by atoms with Gasteiger partial charge in [-0.3, -0.25) is 4.79 Å². The molecule has 1 aliphatic rings. The van der Waals surface area contributed by atoms with Crippen molar-refractivity contribution in [2.45, 2.75) is 32.1 Å². The van der Waals surface area contributed by atoms with E-state index in [1.807, 2.05) is 6.92 Å². The molecule has 1 fully saturated rings. The number of hydrogen-bond acceptors (Lipinski definition) is 6. The number of rotatable bonds is 4. The number of benzene rings is 1. The van der Waals surface area contributed by atoms with Crippen molar-refractivity contribution in [3.8, 4) is 0 Å². The van der Waals surface area contributed by atoms with Crippen LogP contribution in [0.4, 0.5) is 38.4 Å². The standard InChI is InChI=1S/C21H19F5N6O3/c1-9-5-27-15(33)8-32(9)19-28-6-12(7-29-19)30-20(34)31-18(21(24,25)26)16-10(2)13-3-11(22)4-14(23)17(13)35-16/h3-4,6-7,9,18H,5,8H2,1-2H3,(H,27,33)(H2,30,31,34)/t9-,18?/m0/s1. The topological polar surface area (TPSA) is 112 Å². The fraction of sp³-hybridized carbons (Fsp3) is 0.333. The molecule has 1 saturated heterocycles. The number of furan rings is 1. The second kappa shape index (κ2) is 9.00. The minimum atomic E-state index is -5.02. The number of aromatic nitrogens is 2. The summed E-state index contributed by atoms with van der Waals surface area (Å²) in [5, 5.41) is 6.44. The monoisotopic (exact) mass is 498 g/mol. The number of fused-ring (bicyclic) bond motifs is 1. The van der Waals surface area contributed by atoms with E-state index < -0.39 is 41.2 Å². The lowest BCUT2D eigenvalue weighted by Crippen LogP contribution is -2.53. The van der Waals surface area contributed by atoms with E-state index in [1.165, 1.54) is 19.3 Å². The Morgan fingerprint density at radius 3 is 2.60 bits per heavy atom. The molecule has 35 heavy (non-hydrogen) atoms. The molecule has 1 unspecified atom stereocenters. The third kappa shape index (κ3) is 4.95. The van der Waals surface area contributed by atoms with Crippen molar-refractivity contribution in [1.82, 2.24) is 20.6 Å². The van der Waals surface area contributed by atoms with Crippen LogP contribution in [-0.2, 0) is 4.79 Å². The third-order valence-electron chi connectivity index (χ3n) is 5.45. The maximum atomic E-state index is 14.0. The zero-order valence-electron chi connectivity index (χ0n) is 18.3. The van der Waals surface area contributed by atoms with Crippen molar-refractivity contribution in [1.29, 1.82) is 0 Å². The van der Waals surface area contributed by atoms with E-state index in [0.29, 0.717) is 12.6 Å². The fourth-order valence-electron chi connectivity index (χ4n) is 3.67. The Labute approximate surface area is 194 Å². The first kappa shape index (κ1) is 24.2. The van der Waals surface area contributed by atoms with Gasteiger partial charge in [-0.25, -0.2) is 23.5 Å². The number of hydrogen-bond donors (Lipinski definition) is 3. The van der Waals surface area contributed by atoms with Gasteiger partial charge in [0.2, 0.25) is 11.9 Å². The van der Waals surface area contributed by atoms with Crippen LogP contribution in [0.5, 0.6) is 0 Å². The largest absolute Gasteiger partial charge is 0.455 e. The number of halogens is 5. The van der Waals surface area contributed by atoms with Crippen LogP contribution in [0.3, 0.4) is 0 Å². The summed E-state index contributed by atoms with van der Waals surface area (Å²) in [6, 6.07) is -2.67. The molecule has 3 N–H and O–H groups in total. The smallest absolute Gasteiger partial charge is 0.416 e. The van der Waals surface area contributed by atoms with Crippen molar-refractivity contribution in [2.24, 2.45) is 0 Å². The highest BCUT2D eigenvalue weighted by atomic mass is 19.4. The number of alkyl halides is 3. The number of anilines is 2. The first-order chi connectivity index (χ1) is 16.4. The summed E-state index contributed by atoms with van der Waals surface area (Å²) in [4.78, 5) is 33.7. The van der Waals surface area contributed by atoms with Crippen molar-refractivity contribution >= 4 is 34.5 Å². The van der Waals surface area contributed by atoms with E-state index >= 15 is 0 Å². The van der Waals surface area contributed by atoms with Crippen LogP contribution in [-0.4, -0.2) is 47.2 Å². The van der Waals surface area contributed by atoms with E-state index in [0.717, 1.165) is 6.07 Å². The maximum absolute atomic E-state index is 14.0.